The van der Waals surface area contributed by atoms with Gasteiger partial charge in [-0.1, -0.05) is 18.2 Å². The third-order valence-electron chi connectivity index (χ3n) is 6.93. The summed E-state index contributed by atoms with van der Waals surface area (Å²) in [5.41, 5.74) is 6.82. The lowest BCUT2D eigenvalue weighted by atomic mass is 9.99. The Morgan fingerprint density at radius 2 is 1.67 bits per heavy atom. The van der Waals surface area contributed by atoms with Crippen molar-refractivity contribution >= 4 is 11.6 Å². The first-order chi connectivity index (χ1) is 17.5. The van der Waals surface area contributed by atoms with Gasteiger partial charge < -0.3 is 14.5 Å². The number of pyridine rings is 1. The summed E-state index contributed by atoms with van der Waals surface area (Å²) in [6, 6.07) is 16.9. The number of carbonyl (C=O) groups is 1. The Morgan fingerprint density at radius 1 is 0.944 bits per heavy atom. The summed E-state index contributed by atoms with van der Waals surface area (Å²) < 4.78 is 5.62. The fourth-order valence-electron chi connectivity index (χ4n) is 4.89. The van der Waals surface area contributed by atoms with Crippen molar-refractivity contribution in [1.29, 1.82) is 0 Å². The number of aryl methyl sites for hydroxylation is 1. The minimum absolute atomic E-state index is 0.107. The van der Waals surface area contributed by atoms with E-state index < -0.39 is 0 Å². The number of ether oxygens (including phenoxy) is 1. The summed E-state index contributed by atoms with van der Waals surface area (Å²) in [6.45, 7) is 15.2. The van der Waals surface area contributed by atoms with Crippen molar-refractivity contribution in [3.8, 4) is 16.9 Å². The molecule has 0 aliphatic carbocycles. The zero-order chi connectivity index (χ0) is 25.5. The molecule has 0 unspecified atom stereocenters. The molecule has 36 heavy (non-hydrogen) atoms. The van der Waals surface area contributed by atoms with Crippen molar-refractivity contribution in [1.82, 2.24) is 14.8 Å². The largest absolute Gasteiger partial charge is 0.492 e. The topological polar surface area (TPSA) is 48.9 Å². The molecule has 190 valence electrons. The highest BCUT2D eigenvalue weighted by Crippen LogP contribution is 2.27. The van der Waals surface area contributed by atoms with Crippen LogP contribution in [0.25, 0.3) is 11.1 Å². The quantitative estimate of drug-likeness (QED) is 0.413. The average molecular weight is 487 g/mol. The number of amides is 1. The summed E-state index contributed by atoms with van der Waals surface area (Å²) >= 11 is 0. The van der Waals surface area contributed by atoms with Gasteiger partial charge in [0.05, 0.1) is 12.8 Å². The van der Waals surface area contributed by atoms with Crippen molar-refractivity contribution in [2.75, 3.05) is 50.8 Å². The number of rotatable bonds is 9. The normalized spacial score (nSPS) is 14.1. The summed E-state index contributed by atoms with van der Waals surface area (Å²) in [5, 5.41) is 0. The monoisotopic (exact) mass is 486 g/mol. The van der Waals surface area contributed by atoms with Gasteiger partial charge in [0.2, 0.25) is 0 Å². The Hall–Kier alpha value is -3.38. The molecular weight excluding hydrogens is 448 g/mol. The van der Waals surface area contributed by atoms with E-state index in [-0.39, 0.29) is 5.91 Å². The third kappa shape index (κ3) is 6.05. The summed E-state index contributed by atoms with van der Waals surface area (Å²) in [6.07, 6.45) is 3.66. The minimum Gasteiger partial charge on any atom is -0.492 e. The second kappa shape index (κ2) is 12.0. The first-order valence-corrected chi connectivity index (χ1v) is 13.1. The summed E-state index contributed by atoms with van der Waals surface area (Å²) in [7, 11) is 0. The maximum atomic E-state index is 12.6. The molecule has 2 aromatic carbocycles. The number of piperazine rings is 1. The Bertz CT molecular complexity index is 1150. The van der Waals surface area contributed by atoms with Crippen LogP contribution in [0.3, 0.4) is 0 Å². The van der Waals surface area contributed by atoms with E-state index in [4.69, 9.17) is 4.74 Å². The van der Waals surface area contributed by atoms with Gasteiger partial charge in [-0.05, 0) is 74.7 Å². The molecule has 6 heteroatoms. The number of hydrogen-bond donors (Lipinski definition) is 0. The van der Waals surface area contributed by atoms with Crippen molar-refractivity contribution in [3.63, 3.8) is 0 Å². The maximum absolute atomic E-state index is 12.6. The lowest BCUT2D eigenvalue weighted by molar-refractivity contribution is 0.0773. The predicted octanol–water partition coefficient (Wildman–Crippen LogP) is 5.26. The van der Waals surface area contributed by atoms with Gasteiger partial charge in [-0.15, -0.1) is 0 Å². The molecule has 0 saturated carbocycles. The average Bonchev–Trinajstić information content (AvgIpc) is 2.90. The first-order valence-electron chi connectivity index (χ1n) is 13.1. The van der Waals surface area contributed by atoms with Gasteiger partial charge in [0.25, 0.3) is 5.91 Å². The molecule has 6 nitrogen and oxygen atoms in total. The zero-order valence-corrected chi connectivity index (χ0v) is 22.0. The van der Waals surface area contributed by atoms with Gasteiger partial charge in [-0.2, -0.15) is 0 Å². The molecule has 0 spiro atoms. The highest BCUT2D eigenvalue weighted by atomic mass is 16.5. The molecular formula is C30H38N4O2. The molecule has 1 fully saturated rings. The van der Waals surface area contributed by atoms with Crippen molar-refractivity contribution < 1.29 is 9.53 Å². The Kier molecular flexibility index (Phi) is 8.60. The molecule has 1 amide bonds. The van der Waals surface area contributed by atoms with Crippen LogP contribution in [-0.2, 0) is 6.54 Å². The van der Waals surface area contributed by atoms with Crippen molar-refractivity contribution in [2.45, 2.75) is 34.2 Å². The number of anilines is 1. The highest BCUT2D eigenvalue weighted by molar-refractivity contribution is 5.94. The SMILES string of the molecule is CCOc1cncc(-c2ccc(CN3CCN(c4ccc(C(=O)N(CC)CC)cc4)CC3)cc2C)c1. The van der Waals surface area contributed by atoms with E-state index in [0.29, 0.717) is 6.61 Å². The van der Waals surface area contributed by atoms with Crippen LogP contribution in [0.2, 0.25) is 0 Å². The van der Waals surface area contributed by atoms with Crippen LogP contribution in [-0.4, -0.2) is 66.6 Å². The molecule has 1 aromatic heterocycles. The predicted molar refractivity (Wildman–Crippen MR) is 147 cm³/mol. The van der Waals surface area contributed by atoms with Crippen LogP contribution in [0.1, 0.15) is 42.3 Å². The van der Waals surface area contributed by atoms with E-state index in [1.807, 2.05) is 44.0 Å². The summed E-state index contributed by atoms with van der Waals surface area (Å²) in [4.78, 5) is 23.7. The molecule has 0 N–H and O–H groups in total. The van der Waals surface area contributed by atoms with Crippen molar-refractivity contribution in [3.05, 3.63) is 77.6 Å². The van der Waals surface area contributed by atoms with E-state index >= 15 is 0 Å². The fourth-order valence-corrected chi connectivity index (χ4v) is 4.89. The van der Waals surface area contributed by atoms with Gasteiger partial charge in [0.15, 0.2) is 0 Å². The Balaban J connectivity index is 1.33. The molecule has 1 saturated heterocycles. The number of aromatic nitrogens is 1. The lowest BCUT2D eigenvalue weighted by Gasteiger charge is -2.36. The second-order valence-corrected chi connectivity index (χ2v) is 9.28. The number of carbonyl (C=O) groups excluding carboxylic acids is 1. The number of benzene rings is 2. The molecule has 0 atom stereocenters. The van der Waals surface area contributed by atoms with E-state index in [9.17, 15) is 4.79 Å². The van der Waals surface area contributed by atoms with E-state index in [2.05, 4.69) is 58.1 Å². The maximum Gasteiger partial charge on any atom is 0.253 e. The Labute approximate surface area is 215 Å². The first kappa shape index (κ1) is 25.7. The highest BCUT2D eigenvalue weighted by Gasteiger charge is 2.19. The Morgan fingerprint density at radius 3 is 2.31 bits per heavy atom. The van der Waals surface area contributed by atoms with Gasteiger partial charge in [0.1, 0.15) is 5.75 Å². The molecule has 1 aliphatic heterocycles. The summed E-state index contributed by atoms with van der Waals surface area (Å²) in [5.74, 6) is 0.914. The van der Waals surface area contributed by atoms with Crippen molar-refractivity contribution in [2.24, 2.45) is 0 Å². The van der Waals surface area contributed by atoms with Crippen LogP contribution < -0.4 is 9.64 Å². The molecule has 2 heterocycles. The van der Waals surface area contributed by atoms with Gasteiger partial charge in [-0.25, -0.2) is 0 Å². The van der Waals surface area contributed by atoms with Crippen LogP contribution in [0.15, 0.2) is 60.9 Å². The van der Waals surface area contributed by atoms with Crippen LogP contribution >= 0.6 is 0 Å². The fraction of sp³-hybridized carbons (Fsp3) is 0.400. The molecule has 3 aromatic rings. The molecule has 4 rings (SSSR count). The van der Waals surface area contributed by atoms with Crippen LogP contribution in [0.5, 0.6) is 5.75 Å². The van der Waals surface area contributed by atoms with E-state index in [1.165, 1.54) is 22.4 Å². The minimum atomic E-state index is 0.107. The third-order valence-corrected chi connectivity index (χ3v) is 6.93. The van der Waals surface area contributed by atoms with E-state index in [1.54, 1.807) is 6.20 Å². The molecule has 0 bridgehead atoms. The number of hydrogen-bond acceptors (Lipinski definition) is 5. The van der Waals surface area contributed by atoms with Crippen LogP contribution in [0.4, 0.5) is 5.69 Å². The zero-order valence-electron chi connectivity index (χ0n) is 22.0. The van der Waals surface area contributed by atoms with Gasteiger partial charge in [-0.3, -0.25) is 14.7 Å². The van der Waals surface area contributed by atoms with Gasteiger partial charge in [0, 0.05) is 68.8 Å². The lowest BCUT2D eigenvalue weighted by Crippen LogP contribution is -2.46. The smallest absolute Gasteiger partial charge is 0.253 e. The standard InChI is InChI=1S/C30H38N4O2/c1-5-33(6-2)30(35)25-9-11-27(12-10-25)34-16-14-32(15-17-34)22-24-8-13-29(23(4)18-24)26-19-28(36-7-3)21-31-20-26/h8-13,18-21H,5-7,14-17,22H2,1-4H3. The van der Waals surface area contributed by atoms with Gasteiger partial charge >= 0.3 is 0 Å². The molecule has 1 aliphatic rings. The second-order valence-electron chi connectivity index (χ2n) is 9.28. The van der Waals surface area contributed by atoms with Crippen LogP contribution in [0, 0.1) is 6.92 Å². The number of nitrogens with zero attached hydrogens (tertiary/aromatic N) is 4. The van der Waals surface area contributed by atoms with E-state index in [0.717, 1.165) is 62.7 Å². The molecule has 0 radical (unpaired) electrons.